The highest BCUT2D eigenvalue weighted by molar-refractivity contribution is 6.35. The normalized spacial score (nSPS) is 10.4. The van der Waals surface area contributed by atoms with Crippen molar-refractivity contribution in [1.29, 1.82) is 0 Å². The molecule has 0 fully saturated rings. The predicted molar refractivity (Wildman–Crippen MR) is 59.7 cm³/mol. The first kappa shape index (κ1) is 10.9. The molecule has 0 aromatic heterocycles. The van der Waals surface area contributed by atoms with Crippen LogP contribution in [-0.2, 0) is 6.42 Å². The molecule has 0 heterocycles. The summed E-state index contributed by atoms with van der Waals surface area (Å²) in [6.07, 6.45) is 4.77. The quantitative estimate of drug-likeness (QED) is 0.639. The fraction of sp³-hybridized carbons (Fsp3) is 0.455. The molecule has 2 heteroatoms. The van der Waals surface area contributed by atoms with Crippen LogP contribution in [0.2, 0.25) is 10.0 Å². The smallest absolute Gasteiger partial charge is 0.0452 e. The van der Waals surface area contributed by atoms with Gasteiger partial charge in [-0.05, 0) is 30.5 Å². The van der Waals surface area contributed by atoms with Gasteiger partial charge in [-0.25, -0.2) is 0 Å². The molecule has 13 heavy (non-hydrogen) atoms. The van der Waals surface area contributed by atoms with Gasteiger partial charge in [0.2, 0.25) is 0 Å². The fourth-order valence-corrected chi connectivity index (χ4v) is 1.79. The van der Waals surface area contributed by atoms with Crippen LogP contribution in [0.25, 0.3) is 0 Å². The van der Waals surface area contributed by atoms with E-state index in [9.17, 15) is 0 Å². The fourth-order valence-electron chi connectivity index (χ4n) is 1.29. The molecule has 0 unspecified atom stereocenters. The molecule has 0 radical (unpaired) electrons. The van der Waals surface area contributed by atoms with Crippen LogP contribution in [-0.4, -0.2) is 0 Å². The van der Waals surface area contributed by atoms with E-state index in [0.29, 0.717) is 5.02 Å². The third kappa shape index (κ3) is 3.58. The molecule has 0 amide bonds. The lowest BCUT2D eigenvalue weighted by atomic mass is 10.1. The van der Waals surface area contributed by atoms with Crippen LogP contribution in [0.3, 0.4) is 0 Å². The predicted octanol–water partition coefficient (Wildman–Crippen LogP) is 4.73. The minimum atomic E-state index is 0.712. The van der Waals surface area contributed by atoms with Crippen LogP contribution in [0.4, 0.5) is 0 Å². The summed E-state index contributed by atoms with van der Waals surface area (Å²) < 4.78 is 0. The van der Waals surface area contributed by atoms with Crippen LogP contribution < -0.4 is 0 Å². The molecular formula is C11H14Cl2. The van der Waals surface area contributed by atoms with E-state index >= 15 is 0 Å². The van der Waals surface area contributed by atoms with E-state index in [0.717, 1.165) is 11.4 Å². The molecule has 0 bridgehead atoms. The molecule has 0 nitrogen and oxygen atoms in total. The van der Waals surface area contributed by atoms with Gasteiger partial charge in [-0.3, -0.25) is 0 Å². The number of hydrogen-bond donors (Lipinski definition) is 0. The minimum Gasteiger partial charge on any atom is -0.0843 e. The summed E-state index contributed by atoms with van der Waals surface area (Å²) in [5.74, 6) is 0. The van der Waals surface area contributed by atoms with Gasteiger partial charge in [0.1, 0.15) is 0 Å². The van der Waals surface area contributed by atoms with Gasteiger partial charge in [-0.15, -0.1) is 0 Å². The molecule has 0 aliphatic carbocycles. The number of unbranched alkanes of at least 4 members (excludes halogenated alkanes) is 2. The number of aryl methyl sites for hydroxylation is 1. The van der Waals surface area contributed by atoms with Crippen molar-refractivity contribution in [3.8, 4) is 0 Å². The van der Waals surface area contributed by atoms with Crippen molar-refractivity contribution < 1.29 is 0 Å². The van der Waals surface area contributed by atoms with Gasteiger partial charge in [0.15, 0.2) is 0 Å². The standard InChI is InChI=1S/C11H14Cl2/c1-2-3-4-5-9-6-7-10(12)8-11(9)13/h6-8H,2-5H2,1H3. The molecule has 0 saturated carbocycles. The molecule has 0 spiro atoms. The first-order chi connectivity index (χ1) is 6.24. The van der Waals surface area contributed by atoms with Crippen molar-refractivity contribution in [1.82, 2.24) is 0 Å². The maximum Gasteiger partial charge on any atom is 0.0452 e. The summed E-state index contributed by atoms with van der Waals surface area (Å²) in [4.78, 5) is 0. The topological polar surface area (TPSA) is 0 Å². The first-order valence-corrected chi connectivity index (χ1v) is 5.43. The minimum absolute atomic E-state index is 0.712. The summed E-state index contributed by atoms with van der Waals surface area (Å²) >= 11 is 11.8. The van der Waals surface area contributed by atoms with Gasteiger partial charge >= 0.3 is 0 Å². The lowest BCUT2D eigenvalue weighted by Gasteiger charge is -2.03. The number of hydrogen-bond acceptors (Lipinski definition) is 0. The van der Waals surface area contributed by atoms with Crippen molar-refractivity contribution >= 4 is 23.2 Å². The van der Waals surface area contributed by atoms with Gasteiger partial charge < -0.3 is 0 Å². The van der Waals surface area contributed by atoms with E-state index in [1.807, 2.05) is 18.2 Å². The zero-order valence-electron chi connectivity index (χ0n) is 7.82. The third-order valence-corrected chi connectivity index (χ3v) is 2.65. The molecule has 0 saturated heterocycles. The van der Waals surface area contributed by atoms with Gasteiger partial charge in [-0.2, -0.15) is 0 Å². The van der Waals surface area contributed by atoms with Crippen molar-refractivity contribution in [3.63, 3.8) is 0 Å². The summed E-state index contributed by atoms with van der Waals surface area (Å²) in [6.45, 7) is 2.20. The first-order valence-electron chi connectivity index (χ1n) is 4.68. The van der Waals surface area contributed by atoms with Crippen molar-refractivity contribution in [2.75, 3.05) is 0 Å². The van der Waals surface area contributed by atoms with Gasteiger partial charge in [0.25, 0.3) is 0 Å². The van der Waals surface area contributed by atoms with Crippen LogP contribution in [0.5, 0.6) is 0 Å². The third-order valence-electron chi connectivity index (χ3n) is 2.06. The van der Waals surface area contributed by atoms with Crippen LogP contribution >= 0.6 is 23.2 Å². The Hall–Kier alpha value is -0.200. The van der Waals surface area contributed by atoms with E-state index < -0.39 is 0 Å². The molecule has 0 aliphatic rings. The molecule has 1 aromatic carbocycles. The second-order valence-corrected chi connectivity index (χ2v) is 4.04. The average Bonchev–Trinajstić information content (AvgIpc) is 2.09. The molecule has 1 aromatic rings. The second kappa shape index (κ2) is 5.51. The molecule has 0 atom stereocenters. The number of rotatable bonds is 4. The number of halogens is 2. The van der Waals surface area contributed by atoms with Gasteiger partial charge in [0.05, 0.1) is 0 Å². The highest BCUT2D eigenvalue weighted by Crippen LogP contribution is 2.22. The lowest BCUT2D eigenvalue weighted by Crippen LogP contribution is -1.86. The largest absolute Gasteiger partial charge is 0.0843 e. The Kier molecular flexibility index (Phi) is 4.61. The van der Waals surface area contributed by atoms with Crippen molar-refractivity contribution in [3.05, 3.63) is 33.8 Å². The Labute approximate surface area is 89.9 Å². The molecule has 72 valence electrons. The van der Waals surface area contributed by atoms with E-state index in [-0.39, 0.29) is 0 Å². The monoisotopic (exact) mass is 216 g/mol. The van der Waals surface area contributed by atoms with E-state index in [2.05, 4.69) is 6.92 Å². The van der Waals surface area contributed by atoms with E-state index in [4.69, 9.17) is 23.2 Å². The molecule has 1 rings (SSSR count). The highest BCUT2D eigenvalue weighted by Gasteiger charge is 2.00. The van der Waals surface area contributed by atoms with Crippen LogP contribution in [0.1, 0.15) is 31.7 Å². The highest BCUT2D eigenvalue weighted by atomic mass is 35.5. The Morgan fingerprint density at radius 3 is 2.54 bits per heavy atom. The Balaban J connectivity index is 2.56. The molecular weight excluding hydrogens is 203 g/mol. The average molecular weight is 217 g/mol. The maximum atomic E-state index is 6.02. The summed E-state index contributed by atoms with van der Waals surface area (Å²) in [5, 5.41) is 1.51. The second-order valence-electron chi connectivity index (χ2n) is 3.19. The Bertz CT molecular complexity index is 269. The lowest BCUT2D eigenvalue weighted by molar-refractivity contribution is 0.717. The van der Waals surface area contributed by atoms with Crippen LogP contribution in [0, 0.1) is 0 Å². The maximum absolute atomic E-state index is 6.02. The summed E-state index contributed by atoms with van der Waals surface area (Å²) in [7, 11) is 0. The zero-order valence-corrected chi connectivity index (χ0v) is 9.33. The van der Waals surface area contributed by atoms with Crippen LogP contribution in [0.15, 0.2) is 18.2 Å². The van der Waals surface area contributed by atoms with Gasteiger partial charge in [0, 0.05) is 10.0 Å². The van der Waals surface area contributed by atoms with E-state index in [1.165, 1.54) is 24.8 Å². The summed E-state index contributed by atoms with van der Waals surface area (Å²) in [5.41, 5.74) is 1.21. The molecule has 0 N–H and O–H groups in total. The van der Waals surface area contributed by atoms with E-state index in [1.54, 1.807) is 0 Å². The number of benzene rings is 1. The Morgan fingerprint density at radius 2 is 1.92 bits per heavy atom. The zero-order chi connectivity index (χ0) is 9.68. The molecule has 0 aliphatic heterocycles. The van der Waals surface area contributed by atoms with Crippen molar-refractivity contribution in [2.45, 2.75) is 32.6 Å². The Morgan fingerprint density at radius 1 is 1.15 bits per heavy atom. The van der Waals surface area contributed by atoms with Gasteiger partial charge in [-0.1, -0.05) is 49.0 Å². The SMILES string of the molecule is CCCCCc1ccc(Cl)cc1Cl. The summed E-state index contributed by atoms with van der Waals surface area (Å²) in [6, 6.07) is 5.72. The van der Waals surface area contributed by atoms with Crippen molar-refractivity contribution in [2.24, 2.45) is 0 Å².